The molecule has 126 valence electrons. The van der Waals surface area contributed by atoms with E-state index in [1.807, 2.05) is 62.4 Å². The zero-order valence-corrected chi connectivity index (χ0v) is 14.3. The summed E-state index contributed by atoms with van der Waals surface area (Å²) >= 11 is 0. The number of rotatable bonds is 5. The van der Waals surface area contributed by atoms with Gasteiger partial charge in [-0.25, -0.2) is 4.79 Å². The van der Waals surface area contributed by atoms with Crippen molar-refractivity contribution in [3.8, 4) is 0 Å². The Bertz CT molecular complexity index is 714. The predicted octanol–water partition coefficient (Wildman–Crippen LogP) is 3.48. The van der Waals surface area contributed by atoms with Gasteiger partial charge in [-0.05, 0) is 43.2 Å². The fraction of sp³-hybridized carbons (Fsp3) is 0.263. The van der Waals surface area contributed by atoms with Crippen LogP contribution < -0.4 is 15.5 Å². The van der Waals surface area contributed by atoms with E-state index >= 15 is 0 Å². The summed E-state index contributed by atoms with van der Waals surface area (Å²) in [6.45, 7) is 6.33. The van der Waals surface area contributed by atoms with Gasteiger partial charge in [-0.1, -0.05) is 30.3 Å². The topological polar surface area (TPSA) is 61.4 Å². The molecule has 0 unspecified atom stereocenters. The molecule has 3 amide bonds. The van der Waals surface area contributed by atoms with Crippen LogP contribution in [0.5, 0.6) is 0 Å². The van der Waals surface area contributed by atoms with Crippen molar-refractivity contribution in [2.45, 2.75) is 20.8 Å². The Kier molecular flexibility index (Phi) is 5.95. The third kappa shape index (κ3) is 4.59. The number of nitrogens with zero attached hydrogens (tertiary/aromatic N) is 1. The van der Waals surface area contributed by atoms with Crippen LogP contribution in [0.2, 0.25) is 0 Å². The number of hydrogen-bond acceptors (Lipinski definition) is 2. The minimum absolute atomic E-state index is 0.0473. The summed E-state index contributed by atoms with van der Waals surface area (Å²) in [5, 5.41) is 5.53. The lowest BCUT2D eigenvalue weighted by Crippen LogP contribution is -2.39. The number of hydrogen-bond donors (Lipinski definition) is 2. The first-order chi connectivity index (χ1) is 11.5. The Morgan fingerprint density at radius 2 is 1.71 bits per heavy atom. The second kappa shape index (κ2) is 8.15. The first-order valence-electron chi connectivity index (χ1n) is 7.93. The van der Waals surface area contributed by atoms with Gasteiger partial charge >= 0.3 is 6.03 Å². The molecule has 0 atom stereocenters. The van der Waals surface area contributed by atoms with Crippen LogP contribution in [-0.4, -0.2) is 25.0 Å². The summed E-state index contributed by atoms with van der Waals surface area (Å²) in [5.74, 6) is -0.0473. The van der Waals surface area contributed by atoms with Crippen molar-refractivity contribution in [1.82, 2.24) is 5.32 Å². The van der Waals surface area contributed by atoms with E-state index in [2.05, 4.69) is 10.6 Å². The molecule has 0 fully saturated rings. The summed E-state index contributed by atoms with van der Waals surface area (Å²) in [6.07, 6.45) is 0. The number of anilines is 2. The monoisotopic (exact) mass is 325 g/mol. The van der Waals surface area contributed by atoms with Crippen LogP contribution in [-0.2, 0) is 4.79 Å². The molecule has 2 aromatic carbocycles. The highest BCUT2D eigenvalue weighted by Gasteiger charge is 2.14. The fourth-order valence-electron chi connectivity index (χ4n) is 2.45. The molecule has 2 aromatic rings. The Morgan fingerprint density at radius 3 is 2.38 bits per heavy atom. The molecule has 5 nitrogen and oxygen atoms in total. The van der Waals surface area contributed by atoms with E-state index in [4.69, 9.17) is 0 Å². The smallest absolute Gasteiger partial charge is 0.319 e. The van der Waals surface area contributed by atoms with Gasteiger partial charge in [0.2, 0.25) is 5.91 Å². The number of nitrogens with one attached hydrogen (secondary N) is 2. The molecule has 24 heavy (non-hydrogen) atoms. The van der Waals surface area contributed by atoms with E-state index in [0.717, 1.165) is 22.5 Å². The minimum Gasteiger partial charge on any atom is -0.336 e. The lowest BCUT2D eigenvalue weighted by atomic mass is 10.1. The second-order valence-electron chi connectivity index (χ2n) is 5.64. The molecule has 0 saturated carbocycles. The number of carbonyl (C=O) groups is 2. The van der Waals surface area contributed by atoms with E-state index in [0.29, 0.717) is 13.1 Å². The lowest BCUT2D eigenvalue weighted by Gasteiger charge is -2.24. The molecule has 0 aromatic heterocycles. The number of urea groups is 1. The van der Waals surface area contributed by atoms with Crippen LogP contribution >= 0.6 is 0 Å². The molecule has 0 aliphatic rings. The molecule has 2 rings (SSSR count). The Balaban J connectivity index is 1.94. The van der Waals surface area contributed by atoms with Gasteiger partial charge in [-0.3, -0.25) is 4.79 Å². The summed E-state index contributed by atoms with van der Waals surface area (Å²) < 4.78 is 0. The first-order valence-corrected chi connectivity index (χ1v) is 7.93. The van der Waals surface area contributed by atoms with Crippen LogP contribution in [0.1, 0.15) is 18.1 Å². The molecule has 5 heteroatoms. The maximum absolute atomic E-state index is 12.0. The molecule has 0 aliphatic heterocycles. The van der Waals surface area contributed by atoms with E-state index < -0.39 is 0 Å². The third-order valence-corrected chi connectivity index (χ3v) is 3.90. The summed E-state index contributed by atoms with van der Waals surface area (Å²) in [6, 6.07) is 14.8. The molecule has 0 heterocycles. The normalized spacial score (nSPS) is 10.1. The Labute approximate surface area is 142 Å². The molecular formula is C19H23N3O2. The van der Waals surface area contributed by atoms with Crippen molar-refractivity contribution < 1.29 is 9.59 Å². The largest absolute Gasteiger partial charge is 0.336 e. The van der Waals surface area contributed by atoms with Crippen LogP contribution in [0, 0.1) is 13.8 Å². The molecule has 0 saturated heterocycles. The van der Waals surface area contributed by atoms with E-state index in [1.165, 1.54) is 6.92 Å². The molecule has 0 bridgehead atoms. The molecule has 0 aliphatic carbocycles. The number of para-hydroxylation sites is 1. The highest BCUT2D eigenvalue weighted by Crippen LogP contribution is 2.22. The van der Waals surface area contributed by atoms with Crippen molar-refractivity contribution in [2.24, 2.45) is 0 Å². The van der Waals surface area contributed by atoms with Crippen molar-refractivity contribution in [1.29, 1.82) is 0 Å². The molecule has 0 radical (unpaired) electrons. The molecule has 2 N–H and O–H groups in total. The van der Waals surface area contributed by atoms with E-state index in [1.54, 1.807) is 4.90 Å². The van der Waals surface area contributed by atoms with Crippen LogP contribution in [0.3, 0.4) is 0 Å². The Hall–Kier alpha value is -2.82. The van der Waals surface area contributed by atoms with Gasteiger partial charge in [0.1, 0.15) is 0 Å². The third-order valence-electron chi connectivity index (χ3n) is 3.90. The Morgan fingerprint density at radius 1 is 1.00 bits per heavy atom. The zero-order valence-electron chi connectivity index (χ0n) is 14.3. The lowest BCUT2D eigenvalue weighted by molar-refractivity contribution is -0.116. The van der Waals surface area contributed by atoms with Gasteiger partial charge in [-0.2, -0.15) is 0 Å². The maximum Gasteiger partial charge on any atom is 0.319 e. The average molecular weight is 325 g/mol. The maximum atomic E-state index is 12.0. The van der Waals surface area contributed by atoms with Gasteiger partial charge in [0, 0.05) is 31.4 Å². The first kappa shape index (κ1) is 17.5. The SMILES string of the molecule is CC(=O)N(CCNC(=O)Nc1ccccc1)c1cccc(C)c1C. The van der Waals surface area contributed by atoms with Crippen molar-refractivity contribution in [3.63, 3.8) is 0 Å². The average Bonchev–Trinajstić information content (AvgIpc) is 2.55. The number of benzene rings is 2. The van der Waals surface area contributed by atoms with E-state index in [-0.39, 0.29) is 11.9 Å². The van der Waals surface area contributed by atoms with Crippen LogP contribution in [0.25, 0.3) is 0 Å². The highest BCUT2D eigenvalue weighted by atomic mass is 16.2. The summed E-state index contributed by atoms with van der Waals surface area (Å²) in [4.78, 5) is 25.6. The number of amides is 3. The van der Waals surface area contributed by atoms with Crippen LogP contribution in [0.15, 0.2) is 48.5 Å². The van der Waals surface area contributed by atoms with Gasteiger partial charge in [-0.15, -0.1) is 0 Å². The highest BCUT2D eigenvalue weighted by molar-refractivity contribution is 5.93. The second-order valence-corrected chi connectivity index (χ2v) is 5.64. The quantitative estimate of drug-likeness (QED) is 0.884. The van der Waals surface area contributed by atoms with Crippen molar-refractivity contribution >= 4 is 23.3 Å². The van der Waals surface area contributed by atoms with Gasteiger partial charge in [0.25, 0.3) is 0 Å². The van der Waals surface area contributed by atoms with Crippen molar-refractivity contribution in [2.75, 3.05) is 23.3 Å². The van der Waals surface area contributed by atoms with Gasteiger partial charge < -0.3 is 15.5 Å². The van der Waals surface area contributed by atoms with Gasteiger partial charge in [0.15, 0.2) is 0 Å². The standard InChI is InChI=1S/C19H23N3O2/c1-14-8-7-11-18(15(14)2)22(16(3)23)13-12-20-19(24)21-17-9-5-4-6-10-17/h4-11H,12-13H2,1-3H3,(H2,20,21,24). The van der Waals surface area contributed by atoms with Crippen LogP contribution in [0.4, 0.5) is 16.2 Å². The number of aryl methyl sites for hydroxylation is 1. The zero-order chi connectivity index (χ0) is 17.5. The fourth-order valence-corrected chi connectivity index (χ4v) is 2.45. The predicted molar refractivity (Wildman–Crippen MR) is 97.4 cm³/mol. The number of carbonyl (C=O) groups excluding carboxylic acids is 2. The van der Waals surface area contributed by atoms with E-state index in [9.17, 15) is 9.59 Å². The molecule has 0 spiro atoms. The minimum atomic E-state index is -0.286. The summed E-state index contributed by atoms with van der Waals surface area (Å²) in [5.41, 5.74) is 3.82. The van der Waals surface area contributed by atoms with Crippen molar-refractivity contribution in [3.05, 3.63) is 59.7 Å². The summed E-state index contributed by atoms with van der Waals surface area (Å²) in [7, 11) is 0. The van der Waals surface area contributed by atoms with Gasteiger partial charge in [0.05, 0.1) is 0 Å². The molecular weight excluding hydrogens is 302 g/mol.